The molecule has 2 nitrogen and oxygen atoms in total. The van der Waals surface area contributed by atoms with Gasteiger partial charge in [0.25, 0.3) is 0 Å². The first-order chi connectivity index (χ1) is 6.83. The van der Waals surface area contributed by atoms with Crippen molar-refractivity contribution in [1.29, 1.82) is 0 Å². The van der Waals surface area contributed by atoms with Gasteiger partial charge in [-0.3, -0.25) is 0 Å². The first kappa shape index (κ1) is 11.2. The molecule has 0 aromatic heterocycles. The van der Waals surface area contributed by atoms with Crippen molar-refractivity contribution in [1.82, 2.24) is 0 Å². The molecule has 2 aliphatic rings. The van der Waals surface area contributed by atoms with Gasteiger partial charge < -0.3 is 9.84 Å². The molecule has 0 aromatic rings. The van der Waals surface area contributed by atoms with E-state index >= 15 is 0 Å². The Bertz CT molecular complexity index is 293. The monoisotopic (exact) mass is 210 g/mol. The third kappa shape index (κ3) is 1.46. The summed E-state index contributed by atoms with van der Waals surface area (Å²) < 4.78 is 6.02. The zero-order chi connectivity index (χ0) is 11.3. The lowest BCUT2D eigenvalue weighted by atomic mass is 9.64. The second-order valence-electron chi connectivity index (χ2n) is 5.91. The molecule has 15 heavy (non-hydrogen) atoms. The van der Waals surface area contributed by atoms with Crippen LogP contribution in [0.3, 0.4) is 0 Å². The lowest BCUT2D eigenvalue weighted by Gasteiger charge is -2.36. The highest BCUT2D eigenvalue weighted by atomic mass is 16.6. The highest BCUT2D eigenvalue weighted by molar-refractivity contribution is 5.31. The summed E-state index contributed by atoms with van der Waals surface area (Å²) in [5.41, 5.74) is 0.0702. The number of fused-ring (bicyclic) bond motifs is 1. The van der Waals surface area contributed by atoms with Gasteiger partial charge in [-0.2, -0.15) is 0 Å². The molecular formula is C13H22O2. The SMILES string of the molecule is C[C@H](O)C=C[C@]12O[C@@]1(C)CCCC2(C)C. The standard InChI is InChI=1S/C13H22O2/c1-10(14)6-9-13-11(2,3)7-5-8-12(13,4)15-13/h6,9-10,14H,5,7-8H2,1-4H3/t10-,12-,13+/m0/s1. The van der Waals surface area contributed by atoms with Gasteiger partial charge in [0.15, 0.2) is 0 Å². The zero-order valence-electron chi connectivity index (χ0n) is 10.2. The van der Waals surface area contributed by atoms with Gasteiger partial charge in [-0.15, -0.1) is 0 Å². The minimum atomic E-state index is -0.384. The van der Waals surface area contributed by atoms with Crippen molar-refractivity contribution in [3.05, 3.63) is 12.2 Å². The Labute approximate surface area is 92.3 Å². The van der Waals surface area contributed by atoms with Crippen molar-refractivity contribution >= 4 is 0 Å². The number of epoxide rings is 1. The van der Waals surface area contributed by atoms with E-state index in [0.717, 1.165) is 6.42 Å². The Morgan fingerprint density at radius 3 is 2.47 bits per heavy atom. The number of aliphatic hydroxyl groups excluding tert-OH is 1. The van der Waals surface area contributed by atoms with Crippen LogP contribution in [0.1, 0.15) is 47.0 Å². The van der Waals surface area contributed by atoms with Gasteiger partial charge in [-0.1, -0.05) is 26.0 Å². The van der Waals surface area contributed by atoms with E-state index in [1.54, 1.807) is 6.92 Å². The van der Waals surface area contributed by atoms with Gasteiger partial charge in [0, 0.05) is 5.41 Å². The summed E-state index contributed by atoms with van der Waals surface area (Å²) in [6.07, 6.45) is 7.15. The van der Waals surface area contributed by atoms with Crippen LogP contribution in [0.15, 0.2) is 12.2 Å². The Morgan fingerprint density at radius 2 is 1.93 bits per heavy atom. The second kappa shape index (κ2) is 3.08. The molecule has 1 N–H and O–H groups in total. The van der Waals surface area contributed by atoms with Crippen molar-refractivity contribution in [3.8, 4) is 0 Å². The molecule has 0 radical (unpaired) electrons. The Kier molecular flexibility index (Phi) is 2.29. The van der Waals surface area contributed by atoms with Crippen LogP contribution >= 0.6 is 0 Å². The molecule has 2 rings (SSSR count). The van der Waals surface area contributed by atoms with E-state index in [9.17, 15) is 5.11 Å². The molecule has 2 heteroatoms. The van der Waals surface area contributed by atoms with Crippen LogP contribution in [-0.4, -0.2) is 22.4 Å². The van der Waals surface area contributed by atoms with Gasteiger partial charge in [-0.05, 0) is 33.1 Å². The molecule has 1 saturated heterocycles. The molecule has 2 fully saturated rings. The van der Waals surface area contributed by atoms with Crippen molar-refractivity contribution in [3.63, 3.8) is 0 Å². The van der Waals surface area contributed by atoms with E-state index in [0.29, 0.717) is 0 Å². The number of ether oxygens (including phenoxy) is 1. The van der Waals surface area contributed by atoms with Crippen molar-refractivity contribution in [2.24, 2.45) is 5.41 Å². The Balaban J connectivity index is 2.26. The third-order valence-electron chi connectivity index (χ3n) is 4.20. The van der Waals surface area contributed by atoms with Crippen molar-refractivity contribution in [2.45, 2.75) is 64.3 Å². The second-order valence-corrected chi connectivity index (χ2v) is 5.91. The third-order valence-corrected chi connectivity index (χ3v) is 4.20. The van der Waals surface area contributed by atoms with Crippen LogP contribution in [0.4, 0.5) is 0 Å². The van der Waals surface area contributed by atoms with Crippen LogP contribution in [-0.2, 0) is 4.74 Å². The molecule has 0 unspecified atom stereocenters. The molecular weight excluding hydrogens is 188 g/mol. The summed E-state index contributed by atoms with van der Waals surface area (Å²) >= 11 is 0. The van der Waals surface area contributed by atoms with Gasteiger partial charge in [0.05, 0.1) is 11.7 Å². The molecule has 0 amide bonds. The number of hydrogen-bond acceptors (Lipinski definition) is 2. The fourth-order valence-electron chi connectivity index (χ4n) is 3.18. The predicted molar refractivity (Wildman–Crippen MR) is 60.7 cm³/mol. The van der Waals surface area contributed by atoms with Crippen LogP contribution in [0.5, 0.6) is 0 Å². The van der Waals surface area contributed by atoms with Gasteiger partial charge in [0.2, 0.25) is 0 Å². The van der Waals surface area contributed by atoms with E-state index in [2.05, 4.69) is 26.8 Å². The molecule has 3 atom stereocenters. The van der Waals surface area contributed by atoms with Crippen molar-refractivity contribution < 1.29 is 9.84 Å². The minimum absolute atomic E-state index is 0.0140. The normalized spacial score (nSPS) is 45.1. The molecule has 1 aliphatic heterocycles. The number of aliphatic hydroxyl groups is 1. The average molecular weight is 210 g/mol. The maximum Gasteiger partial charge on any atom is 0.121 e. The van der Waals surface area contributed by atoms with E-state index in [1.165, 1.54) is 12.8 Å². The highest BCUT2D eigenvalue weighted by Crippen LogP contribution is 2.65. The molecule has 1 aliphatic carbocycles. The fourth-order valence-corrected chi connectivity index (χ4v) is 3.18. The van der Waals surface area contributed by atoms with Crippen LogP contribution in [0.25, 0.3) is 0 Å². The summed E-state index contributed by atoms with van der Waals surface area (Å²) in [7, 11) is 0. The molecule has 0 bridgehead atoms. The van der Waals surface area contributed by atoms with E-state index < -0.39 is 0 Å². The number of rotatable bonds is 2. The average Bonchev–Trinajstić information content (AvgIpc) is 2.70. The van der Waals surface area contributed by atoms with Gasteiger partial charge in [0.1, 0.15) is 5.60 Å². The van der Waals surface area contributed by atoms with E-state index in [1.807, 2.05) is 6.08 Å². The van der Waals surface area contributed by atoms with Gasteiger partial charge >= 0.3 is 0 Å². The summed E-state index contributed by atoms with van der Waals surface area (Å²) in [5, 5.41) is 9.33. The van der Waals surface area contributed by atoms with E-state index in [-0.39, 0.29) is 22.7 Å². The Hall–Kier alpha value is -0.340. The quantitative estimate of drug-likeness (QED) is 0.561. The van der Waals surface area contributed by atoms with Crippen molar-refractivity contribution in [2.75, 3.05) is 0 Å². The number of hydrogen-bond donors (Lipinski definition) is 1. The minimum Gasteiger partial charge on any atom is -0.389 e. The first-order valence-corrected chi connectivity index (χ1v) is 5.91. The maximum absolute atomic E-state index is 9.33. The summed E-state index contributed by atoms with van der Waals surface area (Å²) in [6.45, 7) is 8.51. The highest BCUT2D eigenvalue weighted by Gasteiger charge is 2.73. The molecule has 0 spiro atoms. The smallest absolute Gasteiger partial charge is 0.121 e. The zero-order valence-corrected chi connectivity index (χ0v) is 10.2. The summed E-state index contributed by atoms with van der Waals surface area (Å²) in [5.74, 6) is 0. The molecule has 0 aromatic carbocycles. The first-order valence-electron chi connectivity index (χ1n) is 5.91. The molecule has 1 saturated carbocycles. The topological polar surface area (TPSA) is 32.8 Å². The fraction of sp³-hybridized carbons (Fsp3) is 0.846. The summed E-state index contributed by atoms with van der Waals surface area (Å²) in [4.78, 5) is 0. The lowest BCUT2D eigenvalue weighted by Crippen LogP contribution is -2.41. The van der Waals surface area contributed by atoms with Crippen LogP contribution < -0.4 is 0 Å². The van der Waals surface area contributed by atoms with E-state index in [4.69, 9.17) is 4.74 Å². The van der Waals surface area contributed by atoms with Crippen LogP contribution in [0, 0.1) is 5.41 Å². The maximum atomic E-state index is 9.33. The predicted octanol–water partition coefficient (Wildman–Crippen LogP) is 2.66. The summed E-state index contributed by atoms with van der Waals surface area (Å²) in [6, 6.07) is 0. The van der Waals surface area contributed by atoms with Gasteiger partial charge in [-0.25, -0.2) is 0 Å². The van der Waals surface area contributed by atoms with Crippen LogP contribution in [0.2, 0.25) is 0 Å². The molecule has 1 heterocycles. The Morgan fingerprint density at radius 1 is 1.27 bits per heavy atom. The largest absolute Gasteiger partial charge is 0.389 e. The lowest BCUT2D eigenvalue weighted by molar-refractivity contribution is 0.163. The molecule has 86 valence electrons.